The van der Waals surface area contributed by atoms with Crippen molar-refractivity contribution in [2.45, 2.75) is 26.9 Å². The lowest BCUT2D eigenvalue weighted by atomic mass is 10.1. The van der Waals surface area contributed by atoms with Crippen molar-refractivity contribution in [3.63, 3.8) is 0 Å². The van der Waals surface area contributed by atoms with E-state index < -0.39 is 17.7 Å². The minimum Gasteiger partial charge on any atom is -0.481 e. The molecule has 0 aliphatic carbocycles. The zero-order chi connectivity index (χ0) is 16.3. The Labute approximate surface area is 127 Å². The van der Waals surface area contributed by atoms with Crippen molar-refractivity contribution in [1.29, 1.82) is 0 Å². The molecule has 0 bridgehead atoms. The number of carbonyl (C=O) groups is 1. The Morgan fingerprint density at radius 3 is 2.32 bits per heavy atom. The van der Waals surface area contributed by atoms with Gasteiger partial charge in [-0.3, -0.25) is 4.79 Å². The van der Waals surface area contributed by atoms with Crippen LogP contribution < -0.4 is 10.1 Å². The third-order valence-electron chi connectivity index (χ3n) is 3.30. The molecule has 3 nitrogen and oxygen atoms in total. The molecule has 1 atom stereocenters. The SMILES string of the molecule is Cc1cccc(C)c1NC(=O)[C@H](C)Oc1ccc(F)c(F)c1. The van der Waals surface area contributed by atoms with Crippen LogP contribution in [0.5, 0.6) is 5.75 Å². The van der Waals surface area contributed by atoms with Crippen LogP contribution in [0.15, 0.2) is 36.4 Å². The molecule has 1 amide bonds. The molecule has 0 spiro atoms. The average molecular weight is 305 g/mol. The second-order valence-corrected chi connectivity index (χ2v) is 5.09. The number of hydrogen-bond acceptors (Lipinski definition) is 2. The summed E-state index contributed by atoms with van der Waals surface area (Å²) in [5, 5.41) is 2.79. The lowest BCUT2D eigenvalue weighted by molar-refractivity contribution is -0.122. The van der Waals surface area contributed by atoms with Crippen molar-refractivity contribution in [2.75, 3.05) is 5.32 Å². The van der Waals surface area contributed by atoms with E-state index in [2.05, 4.69) is 5.32 Å². The zero-order valence-electron chi connectivity index (χ0n) is 12.6. The largest absolute Gasteiger partial charge is 0.481 e. The predicted octanol–water partition coefficient (Wildman–Crippen LogP) is 3.99. The van der Waals surface area contributed by atoms with Gasteiger partial charge in [-0.2, -0.15) is 0 Å². The first kappa shape index (κ1) is 15.9. The molecule has 0 aliphatic heterocycles. The molecule has 2 rings (SSSR count). The molecular weight excluding hydrogens is 288 g/mol. The number of amides is 1. The Kier molecular flexibility index (Phi) is 4.75. The van der Waals surface area contributed by atoms with Gasteiger partial charge in [-0.1, -0.05) is 18.2 Å². The fourth-order valence-electron chi connectivity index (χ4n) is 2.04. The zero-order valence-corrected chi connectivity index (χ0v) is 12.6. The molecule has 116 valence electrons. The number of aryl methyl sites for hydroxylation is 2. The topological polar surface area (TPSA) is 38.3 Å². The van der Waals surface area contributed by atoms with Crippen LogP contribution in [-0.2, 0) is 4.79 Å². The number of anilines is 1. The van der Waals surface area contributed by atoms with Gasteiger partial charge < -0.3 is 10.1 Å². The summed E-state index contributed by atoms with van der Waals surface area (Å²) in [5.41, 5.74) is 2.61. The number of nitrogens with one attached hydrogen (secondary N) is 1. The summed E-state index contributed by atoms with van der Waals surface area (Å²) in [5.74, 6) is -2.23. The number of carbonyl (C=O) groups excluding carboxylic acids is 1. The first-order valence-corrected chi connectivity index (χ1v) is 6.87. The van der Waals surface area contributed by atoms with E-state index in [0.717, 1.165) is 28.9 Å². The highest BCUT2D eigenvalue weighted by atomic mass is 19.2. The van der Waals surface area contributed by atoms with Gasteiger partial charge in [0.25, 0.3) is 5.91 Å². The Hall–Kier alpha value is -2.43. The summed E-state index contributed by atoms with van der Waals surface area (Å²) in [6, 6.07) is 8.84. The van der Waals surface area contributed by atoms with Gasteiger partial charge in [0.15, 0.2) is 17.7 Å². The number of para-hydroxylation sites is 1. The van der Waals surface area contributed by atoms with E-state index in [9.17, 15) is 13.6 Å². The molecule has 0 saturated heterocycles. The molecule has 0 heterocycles. The molecule has 2 aromatic carbocycles. The minimum absolute atomic E-state index is 0.100. The smallest absolute Gasteiger partial charge is 0.265 e. The highest BCUT2D eigenvalue weighted by molar-refractivity contribution is 5.95. The van der Waals surface area contributed by atoms with E-state index in [1.807, 2.05) is 32.0 Å². The van der Waals surface area contributed by atoms with Crippen LogP contribution in [0, 0.1) is 25.5 Å². The summed E-state index contributed by atoms with van der Waals surface area (Å²) in [7, 11) is 0. The Morgan fingerprint density at radius 1 is 1.09 bits per heavy atom. The number of rotatable bonds is 4. The van der Waals surface area contributed by atoms with Crippen LogP contribution in [0.1, 0.15) is 18.1 Å². The maximum atomic E-state index is 13.1. The second-order valence-electron chi connectivity index (χ2n) is 5.09. The molecule has 0 aliphatic rings. The third-order valence-corrected chi connectivity index (χ3v) is 3.30. The van der Waals surface area contributed by atoms with E-state index in [0.29, 0.717) is 0 Å². The van der Waals surface area contributed by atoms with E-state index in [4.69, 9.17) is 4.74 Å². The maximum Gasteiger partial charge on any atom is 0.265 e. The third kappa shape index (κ3) is 3.61. The summed E-state index contributed by atoms with van der Waals surface area (Å²) < 4.78 is 31.3. The van der Waals surface area contributed by atoms with Crippen LogP contribution in [0.4, 0.5) is 14.5 Å². The molecule has 0 unspecified atom stereocenters. The van der Waals surface area contributed by atoms with Crippen LogP contribution in [-0.4, -0.2) is 12.0 Å². The van der Waals surface area contributed by atoms with Crippen molar-refractivity contribution < 1.29 is 18.3 Å². The van der Waals surface area contributed by atoms with Gasteiger partial charge in [-0.05, 0) is 44.0 Å². The van der Waals surface area contributed by atoms with E-state index in [1.165, 1.54) is 6.07 Å². The summed E-state index contributed by atoms with van der Waals surface area (Å²) in [6.07, 6.45) is -0.844. The number of hydrogen-bond donors (Lipinski definition) is 1. The summed E-state index contributed by atoms with van der Waals surface area (Å²) in [4.78, 5) is 12.2. The molecule has 0 radical (unpaired) electrons. The fraction of sp³-hybridized carbons (Fsp3) is 0.235. The van der Waals surface area contributed by atoms with Crippen LogP contribution in [0.25, 0.3) is 0 Å². The van der Waals surface area contributed by atoms with Crippen LogP contribution >= 0.6 is 0 Å². The lowest BCUT2D eigenvalue weighted by Gasteiger charge is -2.17. The van der Waals surface area contributed by atoms with Gasteiger partial charge >= 0.3 is 0 Å². The van der Waals surface area contributed by atoms with Crippen LogP contribution in [0.3, 0.4) is 0 Å². The fourth-order valence-corrected chi connectivity index (χ4v) is 2.04. The molecule has 0 aromatic heterocycles. The van der Waals surface area contributed by atoms with Crippen molar-refractivity contribution in [1.82, 2.24) is 0 Å². The average Bonchev–Trinajstić information content (AvgIpc) is 2.46. The molecule has 1 N–H and O–H groups in total. The van der Waals surface area contributed by atoms with Crippen molar-refractivity contribution in [2.24, 2.45) is 0 Å². The van der Waals surface area contributed by atoms with E-state index in [-0.39, 0.29) is 11.7 Å². The molecular formula is C17H17F2NO2. The predicted molar refractivity (Wildman–Crippen MR) is 81.0 cm³/mol. The van der Waals surface area contributed by atoms with Crippen molar-refractivity contribution >= 4 is 11.6 Å². The standard InChI is InChI=1S/C17H17F2NO2/c1-10-5-4-6-11(2)16(10)20-17(21)12(3)22-13-7-8-14(18)15(19)9-13/h4-9,12H,1-3H3,(H,20,21)/t12-/m0/s1. The monoisotopic (exact) mass is 305 g/mol. The summed E-state index contributed by atoms with van der Waals surface area (Å²) >= 11 is 0. The molecule has 0 fully saturated rings. The van der Waals surface area contributed by atoms with Gasteiger partial charge in [-0.15, -0.1) is 0 Å². The molecule has 0 saturated carbocycles. The van der Waals surface area contributed by atoms with Crippen molar-refractivity contribution in [3.05, 3.63) is 59.2 Å². The minimum atomic E-state index is -1.01. The molecule has 22 heavy (non-hydrogen) atoms. The normalized spacial score (nSPS) is 11.9. The first-order valence-electron chi connectivity index (χ1n) is 6.87. The van der Waals surface area contributed by atoms with E-state index >= 15 is 0 Å². The van der Waals surface area contributed by atoms with Gasteiger partial charge in [0, 0.05) is 11.8 Å². The Morgan fingerprint density at radius 2 is 1.73 bits per heavy atom. The van der Waals surface area contributed by atoms with Gasteiger partial charge in [0.1, 0.15) is 5.75 Å². The number of halogens is 2. The lowest BCUT2D eigenvalue weighted by Crippen LogP contribution is -2.30. The van der Waals surface area contributed by atoms with Gasteiger partial charge in [0.2, 0.25) is 0 Å². The van der Waals surface area contributed by atoms with Gasteiger partial charge in [-0.25, -0.2) is 8.78 Å². The highest BCUT2D eigenvalue weighted by Gasteiger charge is 2.17. The highest BCUT2D eigenvalue weighted by Crippen LogP contribution is 2.21. The molecule has 2 aromatic rings. The van der Waals surface area contributed by atoms with Crippen LogP contribution in [0.2, 0.25) is 0 Å². The van der Waals surface area contributed by atoms with E-state index in [1.54, 1.807) is 6.92 Å². The van der Waals surface area contributed by atoms with Crippen molar-refractivity contribution in [3.8, 4) is 5.75 Å². The Balaban J connectivity index is 2.07. The van der Waals surface area contributed by atoms with Gasteiger partial charge in [0.05, 0.1) is 0 Å². The molecule has 5 heteroatoms. The number of benzene rings is 2. The maximum absolute atomic E-state index is 13.1. The summed E-state index contributed by atoms with van der Waals surface area (Å²) in [6.45, 7) is 5.33. The Bertz CT molecular complexity index is 681. The first-order chi connectivity index (χ1) is 10.4. The quantitative estimate of drug-likeness (QED) is 0.927. The number of ether oxygens (including phenoxy) is 1. The second kappa shape index (κ2) is 6.56.